The van der Waals surface area contributed by atoms with Gasteiger partial charge in [0.05, 0.1) is 0 Å². The summed E-state index contributed by atoms with van der Waals surface area (Å²) in [6, 6.07) is 7.88. The number of carbonyl (C=O) groups excluding carboxylic acids is 1. The lowest BCUT2D eigenvalue weighted by Gasteiger charge is -2.29. The summed E-state index contributed by atoms with van der Waals surface area (Å²) >= 11 is 0. The van der Waals surface area contributed by atoms with Crippen molar-refractivity contribution in [3.05, 3.63) is 23.8 Å². The third-order valence-corrected chi connectivity index (χ3v) is 7.40. The number of hydrogen-bond acceptors (Lipinski definition) is 3. The first-order chi connectivity index (χ1) is 13.5. The van der Waals surface area contributed by atoms with Crippen LogP contribution in [0.5, 0.6) is 0 Å². The number of hydrogen-bond donors (Lipinski definition) is 1. The molecule has 0 bridgehead atoms. The zero-order valence-electron chi connectivity index (χ0n) is 17.9. The number of nitrogens with one attached hydrogen (secondary N) is 1. The standard InChI is InChI=1S/C24H37N3O/c1-17-15-21(25-24(28)18(2)14-20-7-4-8-20)9-10-23(17)26-13-11-22(16-26)27-12-5-6-19(27)3/h9-10,15,18-20,22H,4-8,11-14,16H2,1-3H3,(H,25,28). The lowest BCUT2D eigenvalue weighted by molar-refractivity contribution is -0.120. The number of aryl methyl sites for hydroxylation is 1. The minimum Gasteiger partial charge on any atom is -0.370 e. The van der Waals surface area contributed by atoms with Gasteiger partial charge in [-0.3, -0.25) is 9.69 Å². The third kappa shape index (κ3) is 4.22. The average Bonchev–Trinajstić information content (AvgIpc) is 3.26. The molecule has 1 aromatic rings. The second-order valence-electron chi connectivity index (χ2n) is 9.54. The summed E-state index contributed by atoms with van der Waals surface area (Å²) in [5, 5.41) is 3.15. The molecule has 1 saturated carbocycles. The van der Waals surface area contributed by atoms with Gasteiger partial charge in [-0.05, 0) is 75.8 Å². The Hall–Kier alpha value is -1.55. The number of rotatable bonds is 6. The van der Waals surface area contributed by atoms with Crippen molar-refractivity contribution < 1.29 is 4.79 Å². The molecule has 1 aliphatic carbocycles. The highest BCUT2D eigenvalue weighted by atomic mass is 16.1. The van der Waals surface area contributed by atoms with Crippen LogP contribution < -0.4 is 10.2 Å². The number of benzene rings is 1. The van der Waals surface area contributed by atoms with E-state index in [4.69, 9.17) is 0 Å². The van der Waals surface area contributed by atoms with Gasteiger partial charge in [0.1, 0.15) is 0 Å². The van der Waals surface area contributed by atoms with Crippen LogP contribution in [-0.2, 0) is 4.79 Å². The Labute approximate surface area is 170 Å². The molecule has 3 unspecified atom stereocenters. The van der Waals surface area contributed by atoms with E-state index in [1.54, 1.807) is 0 Å². The van der Waals surface area contributed by atoms with Gasteiger partial charge in [-0.25, -0.2) is 0 Å². The highest BCUT2D eigenvalue weighted by molar-refractivity contribution is 5.92. The first kappa shape index (κ1) is 19.8. The molecule has 1 N–H and O–H groups in total. The summed E-state index contributed by atoms with van der Waals surface area (Å²) < 4.78 is 0. The quantitative estimate of drug-likeness (QED) is 0.765. The van der Waals surface area contributed by atoms with Crippen LogP contribution in [0.4, 0.5) is 11.4 Å². The molecule has 154 valence electrons. The molecule has 3 atom stereocenters. The van der Waals surface area contributed by atoms with Gasteiger partial charge in [-0.2, -0.15) is 0 Å². The van der Waals surface area contributed by atoms with Crippen LogP contribution in [0.25, 0.3) is 0 Å². The maximum absolute atomic E-state index is 12.5. The Morgan fingerprint density at radius 2 is 2.00 bits per heavy atom. The van der Waals surface area contributed by atoms with Crippen molar-refractivity contribution in [3.63, 3.8) is 0 Å². The molecule has 2 aliphatic heterocycles. The largest absolute Gasteiger partial charge is 0.370 e. The Balaban J connectivity index is 1.34. The number of likely N-dealkylation sites (tertiary alicyclic amines) is 1. The lowest BCUT2D eigenvalue weighted by Crippen LogP contribution is -2.39. The minimum atomic E-state index is 0.104. The van der Waals surface area contributed by atoms with Gasteiger partial charge in [-0.15, -0.1) is 0 Å². The lowest BCUT2D eigenvalue weighted by atomic mass is 9.79. The summed E-state index contributed by atoms with van der Waals surface area (Å²) in [7, 11) is 0. The molecule has 1 aromatic carbocycles. The van der Waals surface area contributed by atoms with Crippen LogP contribution in [0.15, 0.2) is 18.2 Å². The van der Waals surface area contributed by atoms with Gasteiger partial charge in [0.2, 0.25) is 5.91 Å². The van der Waals surface area contributed by atoms with E-state index in [0.717, 1.165) is 37.2 Å². The fourth-order valence-electron chi connectivity index (χ4n) is 5.42. The molecule has 2 heterocycles. The van der Waals surface area contributed by atoms with Gasteiger partial charge in [0.15, 0.2) is 0 Å². The Bertz CT molecular complexity index is 699. The van der Waals surface area contributed by atoms with Crippen molar-refractivity contribution in [1.29, 1.82) is 0 Å². The normalized spacial score (nSPS) is 27.0. The Morgan fingerprint density at radius 3 is 2.64 bits per heavy atom. The third-order valence-electron chi connectivity index (χ3n) is 7.40. The van der Waals surface area contributed by atoms with Crippen molar-refractivity contribution in [2.75, 3.05) is 29.9 Å². The summed E-state index contributed by atoms with van der Waals surface area (Å²) in [5.41, 5.74) is 3.53. The van der Waals surface area contributed by atoms with E-state index in [1.807, 2.05) is 0 Å². The molecular formula is C24H37N3O. The average molecular weight is 384 g/mol. The van der Waals surface area contributed by atoms with Crippen molar-refractivity contribution in [1.82, 2.24) is 4.90 Å². The van der Waals surface area contributed by atoms with Crippen LogP contribution >= 0.6 is 0 Å². The van der Waals surface area contributed by atoms with Crippen molar-refractivity contribution in [3.8, 4) is 0 Å². The van der Waals surface area contributed by atoms with E-state index in [9.17, 15) is 4.79 Å². The Morgan fingerprint density at radius 1 is 1.18 bits per heavy atom. The zero-order valence-corrected chi connectivity index (χ0v) is 17.9. The second kappa shape index (κ2) is 8.44. The molecule has 3 fully saturated rings. The van der Waals surface area contributed by atoms with E-state index in [-0.39, 0.29) is 11.8 Å². The molecule has 4 nitrogen and oxygen atoms in total. The van der Waals surface area contributed by atoms with Gasteiger partial charge >= 0.3 is 0 Å². The van der Waals surface area contributed by atoms with E-state index in [2.05, 4.69) is 54.1 Å². The molecule has 4 heteroatoms. The molecule has 1 amide bonds. The van der Waals surface area contributed by atoms with E-state index < -0.39 is 0 Å². The number of amides is 1. The first-order valence-corrected chi connectivity index (χ1v) is 11.4. The SMILES string of the molecule is Cc1cc(NC(=O)C(C)CC2CCC2)ccc1N1CCC(N2CCCC2C)C1. The maximum atomic E-state index is 12.5. The van der Waals surface area contributed by atoms with Gasteiger partial charge in [-0.1, -0.05) is 26.2 Å². The maximum Gasteiger partial charge on any atom is 0.227 e. The number of anilines is 2. The highest BCUT2D eigenvalue weighted by Crippen LogP contribution is 2.33. The van der Waals surface area contributed by atoms with Gasteiger partial charge in [0.25, 0.3) is 0 Å². The van der Waals surface area contributed by atoms with Crippen LogP contribution in [-0.4, -0.2) is 42.5 Å². The molecule has 3 aliphatic rings. The van der Waals surface area contributed by atoms with Crippen molar-refractivity contribution in [2.24, 2.45) is 11.8 Å². The van der Waals surface area contributed by atoms with E-state index >= 15 is 0 Å². The fraction of sp³-hybridized carbons (Fsp3) is 0.708. The molecule has 0 spiro atoms. The minimum absolute atomic E-state index is 0.104. The monoisotopic (exact) mass is 383 g/mol. The highest BCUT2D eigenvalue weighted by Gasteiger charge is 2.33. The molecular weight excluding hydrogens is 346 g/mol. The van der Waals surface area contributed by atoms with Crippen LogP contribution in [0.2, 0.25) is 0 Å². The Kier molecular flexibility index (Phi) is 5.96. The summed E-state index contributed by atoms with van der Waals surface area (Å²) in [6.45, 7) is 10.2. The zero-order chi connectivity index (χ0) is 19.7. The van der Waals surface area contributed by atoms with Gasteiger partial charge < -0.3 is 10.2 Å². The van der Waals surface area contributed by atoms with E-state index in [0.29, 0.717) is 6.04 Å². The summed E-state index contributed by atoms with van der Waals surface area (Å²) in [5.74, 6) is 1.04. The van der Waals surface area contributed by atoms with Crippen LogP contribution in [0.1, 0.15) is 64.4 Å². The van der Waals surface area contributed by atoms with Gasteiger partial charge in [0, 0.05) is 42.5 Å². The predicted octanol–water partition coefficient (Wildman–Crippen LogP) is 4.82. The number of carbonyl (C=O) groups is 1. The van der Waals surface area contributed by atoms with E-state index in [1.165, 1.54) is 56.3 Å². The number of nitrogens with zero attached hydrogens (tertiary/aromatic N) is 2. The van der Waals surface area contributed by atoms with Crippen LogP contribution in [0.3, 0.4) is 0 Å². The molecule has 28 heavy (non-hydrogen) atoms. The molecule has 2 saturated heterocycles. The predicted molar refractivity (Wildman–Crippen MR) is 117 cm³/mol. The second-order valence-corrected chi connectivity index (χ2v) is 9.54. The molecule has 4 rings (SSSR count). The fourth-order valence-corrected chi connectivity index (χ4v) is 5.42. The topological polar surface area (TPSA) is 35.6 Å². The molecule has 0 aromatic heterocycles. The van der Waals surface area contributed by atoms with Crippen molar-refractivity contribution in [2.45, 2.75) is 77.8 Å². The smallest absolute Gasteiger partial charge is 0.227 e. The van der Waals surface area contributed by atoms with Crippen molar-refractivity contribution >= 4 is 17.3 Å². The molecule has 0 radical (unpaired) electrons. The summed E-state index contributed by atoms with van der Waals surface area (Å²) in [4.78, 5) is 17.8. The van der Waals surface area contributed by atoms with Crippen LogP contribution in [0, 0.1) is 18.8 Å². The summed E-state index contributed by atoms with van der Waals surface area (Å²) in [6.07, 6.45) is 8.95. The first-order valence-electron chi connectivity index (χ1n) is 11.4.